The molecule has 1 amide bonds. The zero-order chi connectivity index (χ0) is 15.4. The van der Waals surface area contributed by atoms with Crippen LogP contribution < -0.4 is 10.6 Å². The lowest BCUT2D eigenvalue weighted by atomic mass is 10.1. The molecule has 1 aromatic carbocycles. The summed E-state index contributed by atoms with van der Waals surface area (Å²) in [6.07, 6.45) is 1.94. The monoisotopic (exact) mass is 355 g/mol. The molecule has 0 radical (unpaired) electrons. The lowest BCUT2D eigenvalue weighted by Crippen LogP contribution is -2.33. The molecule has 2 rings (SSSR count). The summed E-state index contributed by atoms with van der Waals surface area (Å²) in [7, 11) is 1.66. The fourth-order valence-corrected chi connectivity index (χ4v) is 2.29. The minimum Gasteiger partial charge on any atom is -0.418 e. The topological polar surface area (TPSA) is 67.2 Å². The number of amides is 1. The van der Waals surface area contributed by atoms with Gasteiger partial charge in [-0.1, -0.05) is 6.07 Å². The predicted octanol–water partition coefficient (Wildman–Crippen LogP) is 2.98. The van der Waals surface area contributed by atoms with Crippen molar-refractivity contribution in [1.29, 1.82) is 0 Å². The van der Waals surface area contributed by atoms with Crippen LogP contribution in [0.2, 0.25) is 0 Å². The molecule has 0 aliphatic rings. The van der Waals surface area contributed by atoms with E-state index in [1.807, 2.05) is 6.92 Å². The molecule has 0 fully saturated rings. The smallest absolute Gasteiger partial charge is 0.294 e. The van der Waals surface area contributed by atoms with E-state index in [0.29, 0.717) is 10.9 Å². The molecule has 0 bridgehead atoms. The lowest BCUT2D eigenvalue weighted by molar-refractivity contribution is 0.0913. The van der Waals surface area contributed by atoms with E-state index in [0.717, 1.165) is 5.56 Å². The number of benzene rings is 1. The van der Waals surface area contributed by atoms with Gasteiger partial charge in [-0.3, -0.25) is 4.79 Å². The van der Waals surface area contributed by atoms with E-state index in [1.54, 1.807) is 19.2 Å². The van der Waals surface area contributed by atoms with E-state index in [2.05, 4.69) is 31.5 Å². The van der Waals surface area contributed by atoms with Crippen LogP contribution in [0.4, 0.5) is 10.4 Å². The molecule has 1 aromatic heterocycles. The third kappa shape index (κ3) is 4.04. The number of hydrogen-bond donors (Lipinski definition) is 2. The van der Waals surface area contributed by atoms with Crippen molar-refractivity contribution in [3.8, 4) is 0 Å². The molecule has 0 aliphatic carbocycles. The average molecular weight is 356 g/mol. The minimum absolute atomic E-state index is 0.127. The number of aromatic nitrogens is 1. The number of nitrogens with one attached hydrogen (secondary N) is 2. The van der Waals surface area contributed by atoms with Crippen molar-refractivity contribution in [2.24, 2.45) is 0 Å². The van der Waals surface area contributed by atoms with Gasteiger partial charge in [-0.15, -0.1) is 0 Å². The summed E-state index contributed by atoms with van der Waals surface area (Å²) in [6.45, 7) is 1.87. The Morgan fingerprint density at radius 1 is 1.52 bits per heavy atom. The molecule has 5 nitrogen and oxygen atoms in total. The highest BCUT2D eigenvalue weighted by Gasteiger charge is 2.15. The third-order valence-corrected chi connectivity index (χ3v) is 3.45. The van der Waals surface area contributed by atoms with Crippen molar-refractivity contribution in [3.05, 3.63) is 46.0 Å². The van der Waals surface area contributed by atoms with Gasteiger partial charge in [0.25, 0.3) is 11.9 Å². The van der Waals surface area contributed by atoms with Gasteiger partial charge in [0.2, 0.25) is 5.76 Å². The fourth-order valence-electron chi connectivity index (χ4n) is 1.86. The molecule has 0 spiro atoms. The van der Waals surface area contributed by atoms with Gasteiger partial charge >= 0.3 is 0 Å². The van der Waals surface area contributed by atoms with Crippen LogP contribution in [0.5, 0.6) is 0 Å². The average Bonchev–Trinajstić information content (AvgIpc) is 2.92. The first kappa shape index (κ1) is 15.5. The van der Waals surface area contributed by atoms with E-state index in [1.165, 1.54) is 12.3 Å². The summed E-state index contributed by atoms with van der Waals surface area (Å²) in [6, 6.07) is 4.94. The molecule has 21 heavy (non-hydrogen) atoms. The highest BCUT2D eigenvalue weighted by molar-refractivity contribution is 9.10. The molecule has 1 heterocycles. The Kier molecular flexibility index (Phi) is 4.95. The fraction of sp³-hybridized carbons (Fsp3) is 0.286. The van der Waals surface area contributed by atoms with Crippen LogP contribution in [0.15, 0.2) is 33.3 Å². The number of hydrogen-bond acceptors (Lipinski definition) is 4. The third-order valence-electron chi connectivity index (χ3n) is 2.85. The molecule has 112 valence electrons. The van der Waals surface area contributed by atoms with E-state index in [4.69, 9.17) is 4.42 Å². The Hall–Kier alpha value is -1.89. The zero-order valence-corrected chi connectivity index (χ0v) is 13.2. The van der Waals surface area contributed by atoms with Crippen molar-refractivity contribution in [3.63, 3.8) is 0 Å². The second kappa shape index (κ2) is 6.71. The number of nitrogens with zero attached hydrogens (tertiary/aromatic N) is 1. The van der Waals surface area contributed by atoms with Crippen LogP contribution in [0.3, 0.4) is 0 Å². The van der Waals surface area contributed by atoms with Gasteiger partial charge in [0.1, 0.15) is 5.82 Å². The van der Waals surface area contributed by atoms with Crippen LogP contribution in [-0.4, -0.2) is 24.0 Å². The SMILES string of the molecule is CNc1ncc(C(=O)NC(C)Cc2ccc(F)c(Br)c2)o1. The van der Waals surface area contributed by atoms with Crippen molar-refractivity contribution >= 4 is 27.9 Å². The highest BCUT2D eigenvalue weighted by atomic mass is 79.9. The maximum absolute atomic E-state index is 13.2. The summed E-state index contributed by atoms with van der Waals surface area (Å²) in [5, 5.41) is 5.52. The van der Waals surface area contributed by atoms with Crippen LogP contribution in [0.1, 0.15) is 23.0 Å². The van der Waals surface area contributed by atoms with Crippen molar-refractivity contribution in [2.75, 3.05) is 12.4 Å². The molecular weight excluding hydrogens is 341 g/mol. The molecule has 0 saturated carbocycles. The number of carbonyl (C=O) groups is 1. The second-order valence-electron chi connectivity index (χ2n) is 4.61. The Morgan fingerprint density at radius 3 is 2.90 bits per heavy atom. The van der Waals surface area contributed by atoms with Crippen LogP contribution >= 0.6 is 15.9 Å². The number of carbonyl (C=O) groups excluding carboxylic acids is 1. The van der Waals surface area contributed by atoms with Gasteiger partial charge in [0, 0.05) is 13.1 Å². The van der Waals surface area contributed by atoms with Crippen molar-refractivity contribution in [1.82, 2.24) is 10.3 Å². The molecule has 1 unspecified atom stereocenters. The summed E-state index contributed by atoms with van der Waals surface area (Å²) in [5.74, 6) is -0.499. The first-order valence-electron chi connectivity index (χ1n) is 6.38. The maximum atomic E-state index is 13.2. The maximum Gasteiger partial charge on any atom is 0.294 e. The number of anilines is 1. The minimum atomic E-state index is -0.335. The zero-order valence-electron chi connectivity index (χ0n) is 11.6. The number of rotatable bonds is 5. The first-order valence-corrected chi connectivity index (χ1v) is 7.17. The van der Waals surface area contributed by atoms with Crippen LogP contribution in [-0.2, 0) is 6.42 Å². The van der Waals surface area contributed by atoms with Gasteiger partial charge in [-0.2, -0.15) is 0 Å². The van der Waals surface area contributed by atoms with Crippen LogP contribution in [0.25, 0.3) is 0 Å². The summed E-state index contributed by atoms with van der Waals surface area (Å²) >= 11 is 3.14. The number of halogens is 2. The summed E-state index contributed by atoms with van der Waals surface area (Å²) in [5.41, 5.74) is 0.921. The lowest BCUT2D eigenvalue weighted by Gasteiger charge is -2.13. The summed E-state index contributed by atoms with van der Waals surface area (Å²) in [4.78, 5) is 15.8. The van der Waals surface area contributed by atoms with E-state index in [-0.39, 0.29) is 29.5 Å². The molecule has 2 N–H and O–H groups in total. The van der Waals surface area contributed by atoms with Gasteiger partial charge in [0.15, 0.2) is 0 Å². The molecular formula is C14H15BrFN3O2. The molecule has 0 saturated heterocycles. The van der Waals surface area contributed by atoms with E-state index < -0.39 is 0 Å². The highest BCUT2D eigenvalue weighted by Crippen LogP contribution is 2.18. The Bertz CT molecular complexity index is 645. The molecule has 2 aromatic rings. The largest absolute Gasteiger partial charge is 0.418 e. The van der Waals surface area contributed by atoms with Gasteiger partial charge < -0.3 is 15.1 Å². The number of oxazole rings is 1. The second-order valence-corrected chi connectivity index (χ2v) is 5.46. The van der Waals surface area contributed by atoms with Gasteiger partial charge in [0.05, 0.1) is 10.7 Å². The van der Waals surface area contributed by atoms with Crippen molar-refractivity contribution < 1.29 is 13.6 Å². The molecule has 7 heteroatoms. The van der Waals surface area contributed by atoms with Crippen LogP contribution in [0, 0.1) is 5.82 Å². The van der Waals surface area contributed by atoms with E-state index >= 15 is 0 Å². The quantitative estimate of drug-likeness (QED) is 0.865. The van der Waals surface area contributed by atoms with Crippen molar-refractivity contribution in [2.45, 2.75) is 19.4 Å². The van der Waals surface area contributed by atoms with Gasteiger partial charge in [-0.05, 0) is 47.0 Å². The Balaban J connectivity index is 1.95. The molecule has 0 aliphatic heterocycles. The Labute approximate surface area is 130 Å². The van der Waals surface area contributed by atoms with Gasteiger partial charge in [-0.25, -0.2) is 9.37 Å². The normalized spacial score (nSPS) is 12.0. The summed E-state index contributed by atoms with van der Waals surface area (Å²) < 4.78 is 18.8. The standard InChI is InChI=1S/C14H15BrFN3O2/c1-8(5-9-3-4-11(16)10(15)6-9)19-13(20)12-7-18-14(17-2)21-12/h3-4,6-8H,5H2,1-2H3,(H,17,18)(H,19,20). The first-order chi connectivity index (χ1) is 9.99. The molecule has 1 atom stereocenters. The Morgan fingerprint density at radius 2 is 2.29 bits per heavy atom. The van der Waals surface area contributed by atoms with E-state index in [9.17, 15) is 9.18 Å². The predicted molar refractivity (Wildman–Crippen MR) is 80.8 cm³/mol.